The number of halogens is 1. The number of nitro benzene ring substituents is 1. The van der Waals surface area contributed by atoms with Crippen LogP contribution in [0.25, 0.3) is 5.57 Å². The molecule has 0 saturated carbocycles. The van der Waals surface area contributed by atoms with Gasteiger partial charge in [-0.2, -0.15) is 0 Å². The van der Waals surface area contributed by atoms with Gasteiger partial charge in [0.05, 0.1) is 21.9 Å². The summed E-state index contributed by atoms with van der Waals surface area (Å²) in [6.07, 6.45) is 1.96. The van der Waals surface area contributed by atoms with E-state index < -0.39 is 45.8 Å². The van der Waals surface area contributed by atoms with Crippen LogP contribution in [0.3, 0.4) is 0 Å². The molecular formula is C34H24ClN3O5. The van der Waals surface area contributed by atoms with E-state index in [2.05, 4.69) is 5.32 Å². The fourth-order valence-corrected chi connectivity index (χ4v) is 7.39. The maximum atomic E-state index is 14.9. The first kappa shape index (κ1) is 26.8. The van der Waals surface area contributed by atoms with Crippen molar-refractivity contribution in [1.29, 1.82) is 0 Å². The average Bonchev–Trinajstić information content (AvgIpc) is 3.49. The molecule has 9 heteroatoms. The first-order valence-electron chi connectivity index (χ1n) is 13.8. The predicted octanol–water partition coefficient (Wildman–Crippen LogP) is 6.49. The SMILES string of the molecule is CC1=CC2N(c3ccccc31)C(C(=O)c1ccccc1Cl)C(C(=O)c1cccc([N+](=O)[O-])c1)C21C(=O)Nc2ccccc21. The van der Waals surface area contributed by atoms with E-state index in [9.17, 15) is 24.5 Å². The maximum absolute atomic E-state index is 14.9. The molecule has 4 aromatic carbocycles. The lowest BCUT2D eigenvalue weighted by Crippen LogP contribution is -2.51. The predicted molar refractivity (Wildman–Crippen MR) is 164 cm³/mol. The largest absolute Gasteiger partial charge is 0.352 e. The second-order valence-electron chi connectivity index (χ2n) is 11.0. The molecule has 1 fully saturated rings. The van der Waals surface area contributed by atoms with Gasteiger partial charge in [0.15, 0.2) is 11.6 Å². The minimum atomic E-state index is -1.53. The zero-order chi connectivity index (χ0) is 30.0. The number of para-hydroxylation sites is 2. The number of anilines is 2. The number of hydrogen-bond donors (Lipinski definition) is 1. The molecule has 43 heavy (non-hydrogen) atoms. The highest BCUT2D eigenvalue weighted by molar-refractivity contribution is 6.34. The van der Waals surface area contributed by atoms with E-state index in [1.807, 2.05) is 48.2 Å². The second kappa shape index (κ2) is 9.74. The molecule has 8 nitrogen and oxygen atoms in total. The normalized spacial score (nSPS) is 23.2. The lowest BCUT2D eigenvalue weighted by molar-refractivity contribution is -0.384. The molecule has 1 saturated heterocycles. The van der Waals surface area contributed by atoms with Crippen molar-refractivity contribution in [2.45, 2.75) is 24.4 Å². The Morgan fingerprint density at radius 1 is 0.930 bits per heavy atom. The Labute approximate surface area is 251 Å². The number of rotatable bonds is 5. The fourth-order valence-electron chi connectivity index (χ4n) is 7.16. The molecule has 4 aromatic rings. The number of nitrogens with zero attached hydrogens (tertiary/aromatic N) is 2. The summed E-state index contributed by atoms with van der Waals surface area (Å²) in [6, 6.07) is 25.0. The van der Waals surface area contributed by atoms with Gasteiger partial charge in [0.25, 0.3) is 5.69 Å². The Morgan fingerprint density at radius 3 is 2.44 bits per heavy atom. The van der Waals surface area contributed by atoms with E-state index in [1.165, 1.54) is 24.3 Å². The summed E-state index contributed by atoms with van der Waals surface area (Å²) < 4.78 is 0. The highest BCUT2D eigenvalue weighted by Gasteiger charge is 2.70. The molecule has 1 N–H and O–H groups in total. The molecule has 4 unspecified atom stereocenters. The highest BCUT2D eigenvalue weighted by Crippen LogP contribution is 2.59. The number of non-ortho nitro benzene ring substituents is 1. The van der Waals surface area contributed by atoms with Crippen molar-refractivity contribution in [3.63, 3.8) is 0 Å². The minimum absolute atomic E-state index is 0.0431. The van der Waals surface area contributed by atoms with E-state index in [0.29, 0.717) is 16.9 Å². The third-order valence-corrected chi connectivity index (χ3v) is 9.25. The summed E-state index contributed by atoms with van der Waals surface area (Å²) in [5.74, 6) is -2.64. The standard InChI is InChI=1S/C34H24ClN3O5/c1-19-17-28-34(24-13-4-6-15-26(24)36-33(34)41)29(31(39)20-9-8-10-21(18-20)38(42)43)30(32(40)23-12-2-5-14-25(23)35)37(28)27-16-7-3-11-22(19)27/h2-18,28-30H,1H3,(H,36,41). The van der Waals surface area contributed by atoms with Crippen molar-refractivity contribution in [2.24, 2.45) is 5.92 Å². The van der Waals surface area contributed by atoms with Crippen LogP contribution in [-0.2, 0) is 10.2 Å². The Hall–Kier alpha value is -5.08. The van der Waals surface area contributed by atoms with Crippen molar-refractivity contribution < 1.29 is 19.3 Å². The molecule has 0 radical (unpaired) electrons. The molecule has 212 valence electrons. The fraction of sp³-hybridized carbons (Fsp3) is 0.147. The Bertz CT molecular complexity index is 1920. The van der Waals surface area contributed by atoms with Crippen molar-refractivity contribution in [1.82, 2.24) is 0 Å². The maximum Gasteiger partial charge on any atom is 0.270 e. The van der Waals surface area contributed by atoms with Crippen molar-refractivity contribution in [3.8, 4) is 0 Å². The molecule has 3 aliphatic heterocycles. The van der Waals surface area contributed by atoms with Crippen LogP contribution in [-0.4, -0.2) is 34.5 Å². The van der Waals surface area contributed by atoms with Crippen LogP contribution in [0.2, 0.25) is 5.02 Å². The van der Waals surface area contributed by atoms with Gasteiger partial charge < -0.3 is 10.2 Å². The van der Waals surface area contributed by atoms with Gasteiger partial charge in [0.1, 0.15) is 11.5 Å². The molecule has 1 spiro atoms. The van der Waals surface area contributed by atoms with E-state index in [1.54, 1.807) is 42.5 Å². The topological polar surface area (TPSA) is 110 Å². The number of nitro groups is 1. The zero-order valence-corrected chi connectivity index (χ0v) is 23.6. The number of nitrogens with one attached hydrogen (secondary N) is 1. The van der Waals surface area contributed by atoms with Crippen molar-refractivity contribution in [2.75, 3.05) is 10.2 Å². The van der Waals surface area contributed by atoms with E-state index in [0.717, 1.165) is 11.1 Å². The Morgan fingerprint density at radius 2 is 1.65 bits per heavy atom. The molecule has 0 aliphatic carbocycles. The minimum Gasteiger partial charge on any atom is -0.352 e. The lowest BCUT2D eigenvalue weighted by Gasteiger charge is -2.39. The van der Waals surface area contributed by atoms with Gasteiger partial charge in [-0.25, -0.2) is 0 Å². The molecule has 7 rings (SSSR count). The lowest BCUT2D eigenvalue weighted by atomic mass is 9.64. The summed E-state index contributed by atoms with van der Waals surface area (Å²) in [5.41, 5.74) is 2.11. The smallest absolute Gasteiger partial charge is 0.270 e. The quantitative estimate of drug-likeness (QED) is 0.162. The van der Waals surface area contributed by atoms with E-state index in [-0.39, 0.29) is 21.8 Å². The number of hydrogen-bond acceptors (Lipinski definition) is 6. The van der Waals surface area contributed by atoms with Gasteiger partial charge in [-0.3, -0.25) is 24.5 Å². The summed E-state index contributed by atoms with van der Waals surface area (Å²) in [6.45, 7) is 1.95. The van der Waals surface area contributed by atoms with Gasteiger partial charge in [-0.05, 0) is 42.3 Å². The van der Waals surface area contributed by atoms with Gasteiger partial charge in [0.2, 0.25) is 5.91 Å². The van der Waals surface area contributed by atoms with Gasteiger partial charge in [-0.1, -0.05) is 78.3 Å². The Kier molecular flexibility index (Phi) is 6.07. The van der Waals surface area contributed by atoms with Gasteiger partial charge in [-0.15, -0.1) is 0 Å². The third kappa shape index (κ3) is 3.73. The number of allylic oxidation sites excluding steroid dienone is 1. The number of Topliss-reactive ketones (excluding diaryl/α,β-unsaturated/α-hetero) is 2. The van der Waals surface area contributed by atoms with Crippen LogP contribution < -0.4 is 10.2 Å². The summed E-state index contributed by atoms with van der Waals surface area (Å²) >= 11 is 6.57. The van der Waals surface area contributed by atoms with Crippen LogP contribution in [0.4, 0.5) is 17.1 Å². The first-order chi connectivity index (χ1) is 20.7. The summed E-state index contributed by atoms with van der Waals surface area (Å²) in [7, 11) is 0. The van der Waals surface area contributed by atoms with Gasteiger partial charge in [0, 0.05) is 40.2 Å². The van der Waals surface area contributed by atoms with Crippen molar-refractivity contribution in [3.05, 3.63) is 141 Å². The van der Waals surface area contributed by atoms with Crippen LogP contribution in [0.1, 0.15) is 38.8 Å². The first-order valence-corrected chi connectivity index (χ1v) is 14.2. The molecule has 3 aliphatic rings. The van der Waals surface area contributed by atoms with Crippen LogP contribution in [0.15, 0.2) is 103 Å². The molecular weight excluding hydrogens is 566 g/mol. The number of ketones is 2. The highest BCUT2D eigenvalue weighted by atomic mass is 35.5. The second-order valence-corrected chi connectivity index (χ2v) is 11.4. The number of carbonyl (C=O) groups is 3. The molecule has 4 atom stereocenters. The monoisotopic (exact) mass is 589 g/mol. The van der Waals surface area contributed by atoms with E-state index >= 15 is 0 Å². The zero-order valence-electron chi connectivity index (χ0n) is 22.9. The summed E-state index contributed by atoms with van der Waals surface area (Å²) in [5, 5.41) is 14.9. The molecule has 0 aromatic heterocycles. The summed E-state index contributed by atoms with van der Waals surface area (Å²) in [4.78, 5) is 57.1. The van der Waals surface area contributed by atoms with Crippen LogP contribution in [0, 0.1) is 16.0 Å². The van der Waals surface area contributed by atoms with E-state index in [4.69, 9.17) is 11.6 Å². The number of fused-ring (bicyclic) bond motifs is 6. The average molecular weight is 590 g/mol. The van der Waals surface area contributed by atoms with Crippen LogP contribution >= 0.6 is 11.6 Å². The number of benzene rings is 4. The van der Waals surface area contributed by atoms with Crippen LogP contribution in [0.5, 0.6) is 0 Å². The third-order valence-electron chi connectivity index (χ3n) is 8.92. The number of amides is 1. The van der Waals surface area contributed by atoms with Gasteiger partial charge >= 0.3 is 0 Å². The molecule has 3 heterocycles. The molecule has 1 amide bonds. The van der Waals surface area contributed by atoms with Crippen molar-refractivity contribution >= 4 is 51.7 Å². The molecule has 0 bridgehead atoms. The number of carbonyl (C=O) groups excluding carboxylic acids is 3. The Balaban J connectivity index is 1.56.